The molecular formula is C16H25NO. The summed E-state index contributed by atoms with van der Waals surface area (Å²) in [6.45, 7) is 7.46. The van der Waals surface area contributed by atoms with Gasteiger partial charge in [0.2, 0.25) is 0 Å². The molecule has 1 aliphatic carbocycles. The van der Waals surface area contributed by atoms with Gasteiger partial charge in [-0.1, -0.05) is 33.3 Å². The van der Waals surface area contributed by atoms with Gasteiger partial charge in [0.1, 0.15) is 5.75 Å². The molecule has 0 saturated heterocycles. The average Bonchev–Trinajstić information content (AvgIpc) is 2.73. The van der Waals surface area contributed by atoms with Crippen molar-refractivity contribution in [1.82, 2.24) is 0 Å². The summed E-state index contributed by atoms with van der Waals surface area (Å²) in [5.74, 6) is 2.32. The molecule has 18 heavy (non-hydrogen) atoms. The van der Waals surface area contributed by atoms with Crippen LogP contribution in [-0.2, 0) is 0 Å². The van der Waals surface area contributed by atoms with E-state index in [4.69, 9.17) is 4.74 Å². The summed E-state index contributed by atoms with van der Waals surface area (Å²) in [7, 11) is 0. The van der Waals surface area contributed by atoms with E-state index in [-0.39, 0.29) is 0 Å². The maximum Gasteiger partial charge on any atom is 0.121 e. The zero-order valence-corrected chi connectivity index (χ0v) is 11.8. The van der Waals surface area contributed by atoms with Gasteiger partial charge in [-0.2, -0.15) is 0 Å². The van der Waals surface area contributed by atoms with E-state index < -0.39 is 0 Å². The summed E-state index contributed by atoms with van der Waals surface area (Å²) >= 11 is 0. The fourth-order valence-electron chi connectivity index (χ4n) is 2.51. The number of benzene rings is 1. The molecule has 0 aromatic heterocycles. The largest absolute Gasteiger partial charge is 0.493 e. The molecule has 100 valence electrons. The first-order valence-electron chi connectivity index (χ1n) is 7.14. The Morgan fingerprint density at radius 2 is 2.17 bits per heavy atom. The standard InChI is InChI=1S/C16H25NO/c1-12(2)11-18-15-8-5-7-14(10-15)17-16-9-4-6-13(16)3/h5,7-8,10,12-13,16-17H,4,6,9,11H2,1-3H3. The average molecular weight is 247 g/mol. The van der Waals surface area contributed by atoms with Gasteiger partial charge in [-0.3, -0.25) is 0 Å². The Hall–Kier alpha value is -1.18. The smallest absolute Gasteiger partial charge is 0.121 e. The maximum atomic E-state index is 5.76. The van der Waals surface area contributed by atoms with E-state index in [1.165, 1.54) is 24.9 Å². The number of hydrogen-bond acceptors (Lipinski definition) is 2. The van der Waals surface area contributed by atoms with Gasteiger partial charge in [0.25, 0.3) is 0 Å². The molecule has 1 aromatic carbocycles. The third-order valence-corrected chi connectivity index (χ3v) is 3.63. The molecule has 1 aromatic rings. The molecule has 0 amide bonds. The highest BCUT2D eigenvalue weighted by atomic mass is 16.5. The van der Waals surface area contributed by atoms with Crippen LogP contribution >= 0.6 is 0 Å². The lowest BCUT2D eigenvalue weighted by Crippen LogP contribution is -2.21. The molecule has 2 atom stereocenters. The Morgan fingerprint density at radius 1 is 1.33 bits per heavy atom. The summed E-state index contributed by atoms with van der Waals surface area (Å²) in [4.78, 5) is 0. The lowest BCUT2D eigenvalue weighted by atomic mass is 10.1. The van der Waals surface area contributed by atoms with Crippen LogP contribution in [0.1, 0.15) is 40.0 Å². The number of anilines is 1. The normalized spacial score (nSPS) is 23.3. The second-order valence-corrected chi connectivity index (χ2v) is 5.89. The van der Waals surface area contributed by atoms with Crippen LogP contribution in [0, 0.1) is 11.8 Å². The van der Waals surface area contributed by atoms with E-state index >= 15 is 0 Å². The van der Waals surface area contributed by atoms with E-state index in [0.717, 1.165) is 18.3 Å². The van der Waals surface area contributed by atoms with Crippen LogP contribution in [0.15, 0.2) is 24.3 Å². The number of ether oxygens (including phenoxy) is 1. The summed E-state index contributed by atoms with van der Waals surface area (Å²) in [6, 6.07) is 8.98. The molecule has 0 aliphatic heterocycles. The van der Waals surface area contributed by atoms with Gasteiger partial charge in [-0.15, -0.1) is 0 Å². The summed E-state index contributed by atoms with van der Waals surface area (Å²) < 4.78 is 5.76. The molecule has 0 radical (unpaired) electrons. The predicted molar refractivity (Wildman–Crippen MR) is 77.2 cm³/mol. The molecule has 2 unspecified atom stereocenters. The van der Waals surface area contributed by atoms with Crippen molar-refractivity contribution in [2.75, 3.05) is 11.9 Å². The van der Waals surface area contributed by atoms with Gasteiger partial charge in [0, 0.05) is 17.8 Å². The molecular weight excluding hydrogens is 222 g/mol. The lowest BCUT2D eigenvalue weighted by Gasteiger charge is -2.19. The van der Waals surface area contributed by atoms with Crippen LogP contribution in [0.2, 0.25) is 0 Å². The zero-order chi connectivity index (χ0) is 13.0. The highest BCUT2D eigenvalue weighted by molar-refractivity contribution is 5.49. The van der Waals surface area contributed by atoms with Crippen LogP contribution in [0.3, 0.4) is 0 Å². The van der Waals surface area contributed by atoms with Crippen molar-refractivity contribution < 1.29 is 4.74 Å². The molecule has 2 heteroatoms. The van der Waals surface area contributed by atoms with Crippen molar-refractivity contribution >= 4 is 5.69 Å². The van der Waals surface area contributed by atoms with Gasteiger partial charge in [-0.05, 0) is 36.8 Å². The van der Waals surface area contributed by atoms with E-state index in [2.05, 4.69) is 44.3 Å². The molecule has 0 spiro atoms. The quantitative estimate of drug-likeness (QED) is 0.836. The minimum absolute atomic E-state index is 0.566. The fourth-order valence-corrected chi connectivity index (χ4v) is 2.51. The second kappa shape index (κ2) is 6.12. The molecule has 2 rings (SSSR count). The van der Waals surface area contributed by atoms with Crippen LogP contribution in [0.5, 0.6) is 5.75 Å². The summed E-state index contributed by atoms with van der Waals surface area (Å²) in [5.41, 5.74) is 1.19. The topological polar surface area (TPSA) is 21.3 Å². The van der Waals surface area contributed by atoms with Gasteiger partial charge >= 0.3 is 0 Å². The van der Waals surface area contributed by atoms with Crippen molar-refractivity contribution in [2.45, 2.75) is 46.1 Å². The highest BCUT2D eigenvalue weighted by Gasteiger charge is 2.22. The van der Waals surface area contributed by atoms with Crippen LogP contribution in [0.25, 0.3) is 0 Å². The molecule has 1 aliphatic rings. The third kappa shape index (κ3) is 3.66. The molecule has 2 nitrogen and oxygen atoms in total. The first-order chi connectivity index (χ1) is 8.65. The molecule has 0 bridgehead atoms. The molecule has 1 saturated carbocycles. The lowest BCUT2D eigenvalue weighted by molar-refractivity contribution is 0.271. The number of hydrogen-bond donors (Lipinski definition) is 1. The Kier molecular flexibility index (Phi) is 4.51. The third-order valence-electron chi connectivity index (χ3n) is 3.63. The highest BCUT2D eigenvalue weighted by Crippen LogP contribution is 2.29. The number of rotatable bonds is 5. The SMILES string of the molecule is CC(C)COc1cccc(NC2CCCC2C)c1. The Labute approximate surface area is 111 Å². The van der Waals surface area contributed by atoms with Crippen molar-refractivity contribution in [3.63, 3.8) is 0 Å². The van der Waals surface area contributed by atoms with E-state index in [1.54, 1.807) is 0 Å². The van der Waals surface area contributed by atoms with Gasteiger partial charge in [-0.25, -0.2) is 0 Å². The summed E-state index contributed by atoms with van der Waals surface area (Å²) in [6.07, 6.45) is 3.99. The Bertz CT molecular complexity index is 375. The Balaban J connectivity index is 1.94. The molecule has 1 fully saturated rings. The van der Waals surface area contributed by atoms with Crippen LogP contribution < -0.4 is 10.1 Å². The van der Waals surface area contributed by atoms with Crippen LogP contribution in [-0.4, -0.2) is 12.6 Å². The predicted octanol–water partition coefficient (Wildman–Crippen LogP) is 4.32. The molecule has 1 N–H and O–H groups in total. The van der Waals surface area contributed by atoms with Crippen molar-refractivity contribution in [2.24, 2.45) is 11.8 Å². The maximum absolute atomic E-state index is 5.76. The molecule has 0 heterocycles. The van der Waals surface area contributed by atoms with E-state index in [0.29, 0.717) is 12.0 Å². The first-order valence-corrected chi connectivity index (χ1v) is 7.14. The van der Waals surface area contributed by atoms with Gasteiger partial charge < -0.3 is 10.1 Å². The fraction of sp³-hybridized carbons (Fsp3) is 0.625. The van der Waals surface area contributed by atoms with Gasteiger partial charge in [0.15, 0.2) is 0 Å². The zero-order valence-electron chi connectivity index (χ0n) is 11.8. The van der Waals surface area contributed by atoms with Crippen molar-refractivity contribution in [3.8, 4) is 5.75 Å². The van der Waals surface area contributed by atoms with Gasteiger partial charge in [0.05, 0.1) is 6.61 Å². The monoisotopic (exact) mass is 247 g/mol. The Morgan fingerprint density at radius 3 is 2.83 bits per heavy atom. The minimum atomic E-state index is 0.566. The first kappa shape index (κ1) is 13.3. The van der Waals surface area contributed by atoms with Crippen LogP contribution in [0.4, 0.5) is 5.69 Å². The summed E-state index contributed by atoms with van der Waals surface area (Å²) in [5, 5.41) is 3.64. The number of nitrogens with one attached hydrogen (secondary N) is 1. The van der Waals surface area contributed by atoms with E-state index in [9.17, 15) is 0 Å². The van der Waals surface area contributed by atoms with Crippen molar-refractivity contribution in [1.29, 1.82) is 0 Å². The van der Waals surface area contributed by atoms with E-state index in [1.807, 2.05) is 6.07 Å². The second-order valence-electron chi connectivity index (χ2n) is 5.89. The van der Waals surface area contributed by atoms with Crippen molar-refractivity contribution in [3.05, 3.63) is 24.3 Å². The minimum Gasteiger partial charge on any atom is -0.493 e.